The van der Waals surface area contributed by atoms with E-state index in [9.17, 15) is 18.0 Å². The highest BCUT2D eigenvalue weighted by Crippen LogP contribution is 2.23. The minimum Gasteiger partial charge on any atom is -0.457 e. The Kier molecular flexibility index (Phi) is 4.81. The molecule has 0 saturated heterocycles. The molecule has 0 aliphatic carbocycles. The average Bonchev–Trinajstić information content (AvgIpc) is 2.23. The van der Waals surface area contributed by atoms with Crippen LogP contribution in [0.4, 0.5) is 13.2 Å². The summed E-state index contributed by atoms with van der Waals surface area (Å²) in [4.78, 5) is 11.4. The Balaban J connectivity index is 2.64. The maximum atomic E-state index is 12.0. The second kappa shape index (κ2) is 5.98. The number of rotatable bonds is 3. The van der Waals surface area contributed by atoms with E-state index in [0.717, 1.165) is 0 Å². The van der Waals surface area contributed by atoms with E-state index in [1.165, 1.54) is 36.4 Å². The third kappa shape index (κ3) is 6.82. The lowest BCUT2D eigenvalue weighted by molar-refractivity contribution is -0.274. The second-order valence-corrected chi connectivity index (χ2v) is 4.98. The molecule has 3 nitrogen and oxygen atoms in total. The standard InChI is InChI=1S/C14H15F3O3/c1-13(2,3)20-12(18)9-6-10-4-7-11(8-5-10)19-14(15,16)17/h4-9H,1-3H3/b9-6+. The molecular formula is C14H15F3O3. The molecule has 0 N–H and O–H groups in total. The van der Waals surface area contributed by atoms with Crippen LogP contribution in [0, 0.1) is 0 Å². The topological polar surface area (TPSA) is 35.5 Å². The summed E-state index contributed by atoms with van der Waals surface area (Å²) in [7, 11) is 0. The van der Waals surface area contributed by atoms with Crippen molar-refractivity contribution < 1.29 is 27.4 Å². The van der Waals surface area contributed by atoms with Crippen molar-refractivity contribution >= 4 is 12.0 Å². The predicted molar refractivity (Wildman–Crippen MR) is 68.0 cm³/mol. The molecule has 0 amide bonds. The Hall–Kier alpha value is -1.98. The molecule has 0 spiro atoms. The van der Waals surface area contributed by atoms with Gasteiger partial charge in [-0.1, -0.05) is 12.1 Å². The molecule has 0 radical (unpaired) electrons. The molecule has 110 valence electrons. The highest BCUT2D eigenvalue weighted by molar-refractivity contribution is 5.87. The Labute approximate surface area is 115 Å². The second-order valence-electron chi connectivity index (χ2n) is 4.98. The maximum Gasteiger partial charge on any atom is 0.573 e. The van der Waals surface area contributed by atoms with Crippen LogP contribution in [-0.2, 0) is 9.53 Å². The van der Waals surface area contributed by atoms with E-state index >= 15 is 0 Å². The van der Waals surface area contributed by atoms with E-state index in [1.807, 2.05) is 0 Å². The van der Waals surface area contributed by atoms with Crippen molar-refractivity contribution in [2.45, 2.75) is 32.7 Å². The summed E-state index contributed by atoms with van der Waals surface area (Å²) in [6, 6.07) is 5.15. The van der Waals surface area contributed by atoms with Crippen molar-refractivity contribution in [2.75, 3.05) is 0 Å². The molecule has 0 saturated carbocycles. The van der Waals surface area contributed by atoms with Crippen LogP contribution in [0.25, 0.3) is 6.08 Å². The van der Waals surface area contributed by atoms with Crippen LogP contribution in [0.2, 0.25) is 0 Å². The first kappa shape index (κ1) is 16.1. The lowest BCUT2D eigenvalue weighted by atomic mass is 10.2. The number of carbonyl (C=O) groups is 1. The number of esters is 1. The molecule has 0 bridgehead atoms. The number of halogens is 3. The van der Waals surface area contributed by atoms with Gasteiger partial charge in [-0.3, -0.25) is 0 Å². The highest BCUT2D eigenvalue weighted by atomic mass is 19.4. The van der Waals surface area contributed by atoms with Gasteiger partial charge in [0, 0.05) is 6.08 Å². The van der Waals surface area contributed by atoms with Gasteiger partial charge in [0.2, 0.25) is 0 Å². The quantitative estimate of drug-likeness (QED) is 0.624. The van der Waals surface area contributed by atoms with E-state index < -0.39 is 17.9 Å². The lowest BCUT2D eigenvalue weighted by Gasteiger charge is -2.17. The molecule has 0 heterocycles. The molecule has 0 aromatic heterocycles. The van der Waals surface area contributed by atoms with Crippen molar-refractivity contribution in [1.82, 2.24) is 0 Å². The first-order valence-corrected chi connectivity index (χ1v) is 5.82. The van der Waals surface area contributed by atoms with Crippen molar-refractivity contribution in [3.05, 3.63) is 35.9 Å². The van der Waals surface area contributed by atoms with Gasteiger partial charge in [0.25, 0.3) is 0 Å². The van der Waals surface area contributed by atoms with Gasteiger partial charge >= 0.3 is 12.3 Å². The fourth-order valence-corrected chi connectivity index (χ4v) is 1.28. The number of benzene rings is 1. The van der Waals surface area contributed by atoms with E-state index in [4.69, 9.17) is 4.74 Å². The van der Waals surface area contributed by atoms with Gasteiger partial charge in [-0.15, -0.1) is 13.2 Å². The molecule has 0 atom stereocenters. The van der Waals surface area contributed by atoms with E-state index in [2.05, 4.69) is 4.74 Å². The summed E-state index contributed by atoms with van der Waals surface area (Å²) >= 11 is 0. The number of carbonyl (C=O) groups excluding carboxylic acids is 1. The molecule has 20 heavy (non-hydrogen) atoms. The van der Waals surface area contributed by atoms with Gasteiger partial charge in [-0.25, -0.2) is 4.79 Å². The minimum atomic E-state index is -4.71. The third-order valence-electron chi connectivity index (χ3n) is 1.93. The molecular weight excluding hydrogens is 273 g/mol. The maximum absolute atomic E-state index is 12.0. The van der Waals surface area contributed by atoms with Crippen LogP contribution < -0.4 is 4.74 Å². The van der Waals surface area contributed by atoms with Crippen molar-refractivity contribution in [3.8, 4) is 5.75 Å². The SMILES string of the molecule is CC(C)(C)OC(=O)/C=C/c1ccc(OC(F)(F)F)cc1. The first-order chi connectivity index (χ1) is 9.05. The number of alkyl halides is 3. The van der Waals surface area contributed by atoms with Crippen molar-refractivity contribution in [1.29, 1.82) is 0 Å². The van der Waals surface area contributed by atoms with Crippen LogP contribution in [-0.4, -0.2) is 17.9 Å². The van der Waals surface area contributed by atoms with Crippen LogP contribution in [0.15, 0.2) is 30.3 Å². The van der Waals surface area contributed by atoms with Crippen LogP contribution in [0.3, 0.4) is 0 Å². The normalized spacial score (nSPS) is 12.5. The fourth-order valence-electron chi connectivity index (χ4n) is 1.28. The smallest absolute Gasteiger partial charge is 0.457 e. The highest BCUT2D eigenvalue weighted by Gasteiger charge is 2.30. The predicted octanol–water partition coefficient (Wildman–Crippen LogP) is 3.94. The zero-order valence-corrected chi connectivity index (χ0v) is 11.3. The zero-order valence-electron chi connectivity index (χ0n) is 11.3. The molecule has 0 fully saturated rings. The van der Waals surface area contributed by atoms with Crippen molar-refractivity contribution in [3.63, 3.8) is 0 Å². The molecule has 6 heteroatoms. The summed E-state index contributed by atoms with van der Waals surface area (Å²) < 4.78 is 44.6. The lowest BCUT2D eigenvalue weighted by Crippen LogP contribution is -2.22. The Morgan fingerprint density at radius 1 is 1.10 bits per heavy atom. The summed E-state index contributed by atoms with van der Waals surface area (Å²) in [6.07, 6.45) is -2.05. The minimum absolute atomic E-state index is 0.313. The molecule has 1 rings (SSSR count). The van der Waals surface area contributed by atoms with E-state index in [0.29, 0.717) is 5.56 Å². The third-order valence-corrected chi connectivity index (χ3v) is 1.93. The average molecular weight is 288 g/mol. The van der Waals surface area contributed by atoms with Crippen LogP contribution in [0.1, 0.15) is 26.3 Å². The molecule has 0 aliphatic heterocycles. The zero-order chi connectivity index (χ0) is 15.4. The summed E-state index contributed by atoms with van der Waals surface area (Å²) in [6.45, 7) is 5.21. The van der Waals surface area contributed by atoms with Crippen LogP contribution >= 0.6 is 0 Å². The van der Waals surface area contributed by atoms with Gasteiger partial charge in [0.05, 0.1) is 0 Å². The molecule has 1 aromatic carbocycles. The summed E-state index contributed by atoms with van der Waals surface area (Å²) in [5, 5.41) is 0. The van der Waals surface area contributed by atoms with Gasteiger partial charge in [0.1, 0.15) is 11.4 Å². The molecule has 0 unspecified atom stereocenters. The number of ether oxygens (including phenoxy) is 2. The Morgan fingerprint density at radius 2 is 1.65 bits per heavy atom. The summed E-state index contributed by atoms with van der Waals surface area (Å²) in [5.74, 6) is -0.833. The summed E-state index contributed by atoms with van der Waals surface area (Å²) in [5.41, 5.74) is -0.0309. The molecule has 0 aliphatic rings. The monoisotopic (exact) mass is 288 g/mol. The van der Waals surface area contributed by atoms with Crippen molar-refractivity contribution in [2.24, 2.45) is 0 Å². The first-order valence-electron chi connectivity index (χ1n) is 5.82. The number of hydrogen-bond donors (Lipinski definition) is 0. The number of hydrogen-bond acceptors (Lipinski definition) is 3. The van der Waals surface area contributed by atoms with E-state index in [-0.39, 0.29) is 5.75 Å². The Morgan fingerprint density at radius 3 is 2.10 bits per heavy atom. The fraction of sp³-hybridized carbons (Fsp3) is 0.357. The van der Waals surface area contributed by atoms with Crippen LogP contribution in [0.5, 0.6) is 5.75 Å². The van der Waals surface area contributed by atoms with Gasteiger partial charge in [-0.2, -0.15) is 0 Å². The Bertz CT molecular complexity index is 482. The van der Waals surface area contributed by atoms with Gasteiger partial charge < -0.3 is 9.47 Å². The van der Waals surface area contributed by atoms with E-state index in [1.54, 1.807) is 20.8 Å². The largest absolute Gasteiger partial charge is 0.573 e. The van der Waals surface area contributed by atoms with Gasteiger partial charge in [0.15, 0.2) is 0 Å². The molecule has 1 aromatic rings. The van der Waals surface area contributed by atoms with Gasteiger partial charge in [-0.05, 0) is 44.5 Å².